The van der Waals surface area contributed by atoms with Crippen LogP contribution in [-0.4, -0.2) is 55.3 Å². The fourth-order valence-electron chi connectivity index (χ4n) is 3.19. The van der Waals surface area contributed by atoms with E-state index in [1.54, 1.807) is 36.7 Å². The lowest BCUT2D eigenvalue weighted by Crippen LogP contribution is -2.32. The summed E-state index contributed by atoms with van der Waals surface area (Å²) in [4.78, 5) is 22.3. The predicted molar refractivity (Wildman–Crippen MR) is 89.1 cm³/mol. The van der Waals surface area contributed by atoms with E-state index in [4.69, 9.17) is 4.74 Å². The van der Waals surface area contributed by atoms with Crippen LogP contribution < -0.4 is 0 Å². The first kappa shape index (κ1) is 15.5. The molecule has 3 aromatic rings. The van der Waals surface area contributed by atoms with Crippen LogP contribution in [0.15, 0.2) is 49.3 Å². The molecule has 1 aliphatic heterocycles. The second-order valence-electron chi connectivity index (χ2n) is 5.96. The third-order valence-corrected chi connectivity index (χ3v) is 4.52. The Bertz CT molecular complexity index is 829. The van der Waals surface area contributed by atoms with E-state index in [1.807, 2.05) is 29.2 Å². The van der Waals surface area contributed by atoms with Gasteiger partial charge in [0.25, 0.3) is 5.91 Å². The van der Waals surface area contributed by atoms with Gasteiger partial charge in [-0.2, -0.15) is 0 Å². The quantitative estimate of drug-likeness (QED) is 0.780. The average molecular weight is 338 g/mol. The fourth-order valence-corrected chi connectivity index (χ4v) is 3.19. The third-order valence-electron chi connectivity index (χ3n) is 4.52. The molecule has 2 atom stereocenters. The molecular formula is C17H18N6O2. The molecular weight excluding hydrogens is 320 g/mol. The Morgan fingerprint density at radius 2 is 2.00 bits per heavy atom. The molecule has 1 amide bonds. The van der Waals surface area contributed by atoms with E-state index in [1.165, 1.54) is 0 Å². The molecule has 1 aromatic carbocycles. The monoisotopic (exact) mass is 338 g/mol. The average Bonchev–Trinajstić information content (AvgIpc) is 3.42. The highest BCUT2D eigenvalue weighted by Crippen LogP contribution is 2.32. The lowest BCUT2D eigenvalue weighted by atomic mass is 10.1. The maximum Gasteiger partial charge on any atom is 0.254 e. The van der Waals surface area contributed by atoms with Crippen LogP contribution in [0.25, 0.3) is 5.69 Å². The van der Waals surface area contributed by atoms with Crippen molar-refractivity contribution in [3.8, 4) is 5.69 Å². The van der Waals surface area contributed by atoms with Crippen LogP contribution in [0.1, 0.15) is 28.6 Å². The summed E-state index contributed by atoms with van der Waals surface area (Å²) in [5.74, 6) is 0.755. The van der Waals surface area contributed by atoms with Crippen LogP contribution >= 0.6 is 0 Å². The summed E-state index contributed by atoms with van der Waals surface area (Å²) in [5.41, 5.74) is 1.53. The van der Waals surface area contributed by atoms with Gasteiger partial charge in [-0.15, -0.1) is 10.2 Å². The number of nitrogens with zero attached hydrogens (tertiary/aromatic N) is 5. The molecule has 0 radical (unpaired) electrons. The molecule has 8 heteroatoms. The van der Waals surface area contributed by atoms with Gasteiger partial charge in [-0.3, -0.25) is 9.36 Å². The Balaban J connectivity index is 1.58. The van der Waals surface area contributed by atoms with Gasteiger partial charge in [-0.1, -0.05) is 0 Å². The highest BCUT2D eigenvalue weighted by molar-refractivity contribution is 5.94. The summed E-state index contributed by atoms with van der Waals surface area (Å²) >= 11 is 0. The van der Waals surface area contributed by atoms with Crippen molar-refractivity contribution in [3.05, 3.63) is 60.7 Å². The van der Waals surface area contributed by atoms with Crippen LogP contribution in [0.4, 0.5) is 0 Å². The first-order valence-corrected chi connectivity index (χ1v) is 8.04. The van der Waals surface area contributed by atoms with E-state index in [9.17, 15) is 4.79 Å². The van der Waals surface area contributed by atoms with Crippen LogP contribution in [0.2, 0.25) is 0 Å². The molecule has 128 valence electrons. The third kappa shape index (κ3) is 2.91. The van der Waals surface area contributed by atoms with E-state index < -0.39 is 0 Å². The van der Waals surface area contributed by atoms with Crippen LogP contribution in [-0.2, 0) is 4.74 Å². The number of carbonyl (C=O) groups excluding carboxylic acids is 1. The van der Waals surface area contributed by atoms with E-state index in [0.29, 0.717) is 12.1 Å². The summed E-state index contributed by atoms with van der Waals surface area (Å²) in [6, 6.07) is 7.28. The molecule has 1 aliphatic rings. The van der Waals surface area contributed by atoms with Gasteiger partial charge in [0.1, 0.15) is 18.5 Å². The second-order valence-corrected chi connectivity index (χ2v) is 5.96. The zero-order chi connectivity index (χ0) is 17.2. The molecule has 1 saturated heterocycles. The topological polar surface area (TPSA) is 88.9 Å². The van der Waals surface area contributed by atoms with Gasteiger partial charge in [-0.05, 0) is 24.3 Å². The SMILES string of the molecule is CO[C@@H]1CC(c2ncc[nH]2)N(C(=O)c2ccc(-n3cnnc3)cc2)C1. The molecule has 8 nitrogen and oxygen atoms in total. The van der Waals surface area contributed by atoms with Crippen LogP contribution in [0.3, 0.4) is 0 Å². The van der Waals surface area contributed by atoms with Crippen molar-refractivity contribution in [1.29, 1.82) is 0 Å². The number of hydrogen-bond donors (Lipinski definition) is 1. The smallest absolute Gasteiger partial charge is 0.254 e. The number of benzene rings is 1. The molecule has 1 N–H and O–H groups in total. The molecule has 25 heavy (non-hydrogen) atoms. The zero-order valence-electron chi connectivity index (χ0n) is 13.7. The minimum Gasteiger partial charge on any atom is -0.380 e. The lowest BCUT2D eigenvalue weighted by molar-refractivity contribution is 0.0684. The van der Waals surface area contributed by atoms with E-state index in [0.717, 1.165) is 17.9 Å². The minimum absolute atomic E-state index is 0.00958. The molecule has 2 aromatic heterocycles. The molecule has 0 bridgehead atoms. The summed E-state index contributed by atoms with van der Waals surface area (Å²) in [6.07, 6.45) is 7.45. The first-order valence-electron chi connectivity index (χ1n) is 8.04. The van der Waals surface area contributed by atoms with Gasteiger partial charge in [0.05, 0.1) is 12.1 Å². The number of imidazole rings is 1. The van der Waals surface area contributed by atoms with E-state index >= 15 is 0 Å². The molecule has 0 aliphatic carbocycles. The molecule has 4 rings (SSSR count). The van der Waals surface area contributed by atoms with Crippen molar-refractivity contribution < 1.29 is 9.53 Å². The maximum absolute atomic E-state index is 13.0. The number of nitrogens with one attached hydrogen (secondary N) is 1. The highest BCUT2D eigenvalue weighted by atomic mass is 16.5. The second kappa shape index (κ2) is 6.48. The Hall–Kier alpha value is -3.00. The van der Waals surface area contributed by atoms with Crippen molar-refractivity contribution >= 4 is 5.91 Å². The first-order chi connectivity index (χ1) is 12.3. The Labute approximate surface area is 144 Å². The Morgan fingerprint density at radius 3 is 2.64 bits per heavy atom. The highest BCUT2D eigenvalue weighted by Gasteiger charge is 2.38. The number of aromatic amines is 1. The zero-order valence-corrected chi connectivity index (χ0v) is 13.7. The summed E-state index contributed by atoms with van der Waals surface area (Å²) in [7, 11) is 1.67. The molecule has 1 fully saturated rings. The van der Waals surface area contributed by atoms with E-state index in [-0.39, 0.29) is 18.1 Å². The number of ether oxygens (including phenoxy) is 1. The Morgan fingerprint density at radius 1 is 1.24 bits per heavy atom. The number of carbonyl (C=O) groups is 1. The Kier molecular flexibility index (Phi) is 4.02. The van der Waals surface area contributed by atoms with Crippen molar-refractivity contribution in [2.24, 2.45) is 0 Å². The summed E-state index contributed by atoms with van der Waals surface area (Å²) in [6.45, 7) is 0.549. The van der Waals surface area contributed by atoms with Crippen molar-refractivity contribution in [2.45, 2.75) is 18.6 Å². The number of hydrogen-bond acceptors (Lipinski definition) is 5. The molecule has 0 spiro atoms. The van der Waals surface area contributed by atoms with Gasteiger partial charge in [0.2, 0.25) is 0 Å². The number of methoxy groups -OCH3 is 1. The van der Waals surface area contributed by atoms with Gasteiger partial charge >= 0.3 is 0 Å². The van der Waals surface area contributed by atoms with Crippen LogP contribution in [0, 0.1) is 0 Å². The summed E-state index contributed by atoms with van der Waals surface area (Å²) < 4.78 is 7.26. The standard InChI is InChI=1S/C17H18N6O2/c1-25-14-8-15(16-18-6-7-19-16)23(9-14)17(24)12-2-4-13(5-3-12)22-10-20-21-11-22/h2-7,10-11,14-15H,8-9H2,1H3,(H,18,19)/t14-,15?/m1/s1. The molecule has 1 unspecified atom stereocenters. The fraction of sp³-hybridized carbons (Fsp3) is 0.294. The minimum atomic E-state index is -0.107. The van der Waals surface area contributed by atoms with Gasteiger partial charge in [0, 0.05) is 43.7 Å². The molecule has 0 saturated carbocycles. The van der Waals surface area contributed by atoms with Gasteiger partial charge in [-0.25, -0.2) is 4.98 Å². The van der Waals surface area contributed by atoms with E-state index in [2.05, 4.69) is 20.2 Å². The number of rotatable bonds is 4. The normalized spacial score (nSPS) is 20.1. The molecule has 3 heterocycles. The van der Waals surface area contributed by atoms with Crippen molar-refractivity contribution in [1.82, 2.24) is 29.6 Å². The number of amides is 1. The van der Waals surface area contributed by atoms with Gasteiger partial charge < -0.3 is 14.6 Å². The largest absolute Gasteiger partial charge is 0.380 e. The lowest BCUT2D eigenvalue weighted by Gasteiger charge is -2.23. The predicted octanol–water partition coefficient (Wildman–Crippen LogP) is 1.59. The van der Waals surface area contributed by atoms with Crippen LogP contribution in [0.5, 0.6) is 0 Å². The van der Waals surface area contributed by atoms with Gasteiger partial charge in [0.15, 0.2) is 0 Å². The number of aromatic nitrogens is 5. The number of likely N-dealkylation sites (tertiary alicyclic amines) is 1. The maximum atomic E-state index is 13.0. The summed E-state index contributed by atoms with van der Waals surface area (Å²) in [5, 5.41) is 7.58. The van der Waals surface area contributed by atoms with Crippen molar-refractivity contribution in [2.75, 3.05) is 13.7 Å². The van der Waals surface area contributed by atoms with Crippen molar-refractivity contribution in [3.63, 3.8) is 0 Å². The number of H-pyrrole nitrogens is 1.